The minimum absolute atomic E-state index is 0.689. The van der Waals surface area contributed by atoms with Crippen molar-refractivity contribution in [3.8, 4) is 0 Å². The summed E-state index contributed by atoms with van der Waals surface area (Å²) in [5, 5.41) is 3.43. The Labute approximate surface area is 69.3 Å². The van der Waals surface area contributed by atoms with Crippen LogP contribution < -0.4 is 5.32 Å². The molecule has 0 aromatic rings. The molecule has 2 nitrogen and oxygen atoms in total. The Bertz CT molecular complexity index is 106. The molecule has 0 aromatic heterocycles. The van der Waals surface area contributed by atoms with Crippen LogP contribution in [0.1, 0.15) is 26.7 Å². The van der Waals surface area contributed by atoms with Crippen LogP contribution in [0.15, 0.2) is 0 Å². The number of piperidine rings is 1. The van der Waals surface area contributed by atoms with Gasteiger partial charge in [0.05, 0.1) is 0 Å². The van der Waals surface area contributed by atoms with Crippen molar-refractivity contribution < 1.29 is 4.74 Å². The molecule has 0 aromatic carbocycles. The van der Waals surface area contributed by atoms with Gasteiger partial charge in [-0.05, 0) is 39.2 Å². The second kappa shape index (κ2) is 4.73. The zero-order chi connectivity index (χ0) is 8.10. The van der Waals surface area contributed by atoms with Crippen LogP contribution in [0, 0.1) is 5.92 Å². The molecule has 1 aliphatic rings. The molecule has 1 fully saturated rings. The summed E-state index contributed by atoms with van der Waals surface area (Å²) in [6, 6.07) is 0.689. The number of nitrogens with one attached hydrogen (secondary N) is 1. The first-order chi connectivity index (χ1) is 5.33. The summed E-state index contributed by atoms with van der Waals surface area (Å²) in [5.41, 5.74) is 0. The topological polar surface area (TPSA) is 21.3 Å². The molecular formula is C9H19NO. The van der Waals surface area contributed by atoms with Gasteiger partial charge in [0.1, 0.15) is 0 Å². The highest BCUT2D eigenvalue weighted by Gasteiger charge is 2.17. The molecule has 0 spiro atoms. The van der Waals surface area contributed by atoms with Crippen LogP contribution in [0.3, 0.4) is 0 Å². The van der Waals surface area contributed by atoms with Crippen LogP contribution in [-0.2, 0) is 4.74 Å². The van der Waals surface area contributed by atoms with Crippen molar-refractivity contribution in [3.63, 3.8) is 0 Å². The van der Waals surface area contributed by atoms with Gasteiger partial charge >= 0.3 is 0 Å². The first kappa shape index (κ1) is 9.01. The average molecular weight is 157 g/mol. The minimum atomic E-state index is 0.689. The third-order valence-electron chi connectivity index (χ3n) is 2.29. The standard InChI is InChI=1S/C9H19NO/c1-3-11-7-9-4-5-10-8(2)6-9/h8-10H,3-7H2,1-2H3. The number of hydrogen-bond donors (Lipinski definition) is 1. The maximum Gasteiger partial charge on any atom is 0.0495 e. The van der Waals surface area contributed by atoms with Crippen molar-refractivity contribution in [2.45, 2.75) is 32.7 Å². The fourth-order valence-corrected chi connectivity index (χ4v) is 1.67. The van der Waals surface area contributed by atoms with Crippen molar-refractivity contribution in [3.05, 3.63) is 0 Å². The molecule has 0 radical (unpaired) electrons. The van der Waals surface area contributed by atoms with Gasteiger partial charge in [0, 0.05) is 19.3 Å². The molecule has 0 aliphatic carbocycles. The summed E-state index contributed by atoms with van der Waals surface area (Å²) >= 11 is 0. The quantitative estimate of drug-likeness (QED) is 0.669. The monoisotopic (exact) mass is 157 g/mol. The van der Waals surface area contributed by atoms with Gasteiger partial charge in [-0.1, -0.05) is 0 Å². The molecule has 0 saturated carbocycles. The van der Waals surface area contributed by atoms with E-state index >= 15 is 0 Å². The Kier molecular flexibility index (Phi) is 3.87. The van der Waals surface area contributed by atoms with Crippen molar-refractivity contribution >= 4 is 0 Å². The fraction of sp³-hybridized carbons (Fsp3) is 1.00. The molecule has 2 heteroatoms. The van der Waals surface area contributed by atoms with Gasteiger partial charge in [-0.2, -0.15) is 0 Å². The van der Waals surface area contributed by atoms with E-state index in [0.717, 1.165) is 19.1 Å². The van der Waals surface area contributed by atoms with Crippen LogP contribution in [0.5, 0.6) is 0 Å². The highest BCUT2D eigenvalue weighted by molar-refractivity contribution is 4.74. The molecule has 1 N–H and O–H groups in total. The minimum Gasteiger partial charge on any atom is -0.381 e. The highest BCUT2D eigenvalue weighted by atomic mass is 16.5. The summed E-state index contributed by atoms with van der Waals surface area (Å²) in [4.78, 5) is 0. The largest absolute Gasteiger partial charge is 0.381 e. The van der Waals surface area contributed by atoms with E-state index in [1.165, 1.54) is 19.4 Å². The molecular weight excluding hydrogens is 138 g/mol. The molecule has 2 atom stereocenters. The lowest BCUT2D eigenvalue weighted by molar-refractivity contribution is 0.0912. The normalized spacial score (nSPS) is 32.2. The summed E-state index contributed by atoms with van der Waals surface area (Å²) < 4.78 is 5.39. The molecule has 0 amide bonds. The molecule has 1 saturated heterocycles. The van der Waals surface area contributed by atoms with Crippen molar-refractivity contribution in [2.24, 2.45) is 5.92 Å². The molecule has 1 rings (SSSR count). The summed E-state index contributed by atoms with van der Waals surface area (Å²) in [6.45, 7) is 7.29. The number of rotatable bonds is 3. The lowest BCUT2D eigenvalue weighted by Gasteiger charge is -2.27. The van der Waals surface area contributed by atoms with Crippen LogP contribution in [0.4, 0.5) is 0 Å². The predicted octanol–water partition coefficient (Wildman–Crippen LogP) is 1.41. The molecule has 66 valence electrons. The summed E-state index contributed by atoms with van der Waals surface area (Å²) in [6.07, 6.45) is 2.56. The third kappa shape index (κ3) is 3.21. The number of hydrogen-bond acceptors (Lipinski definition) is 2. The van der Waals surface area contributed by atoms with Gasteiger partial charge in [-0.3, -0.25) is 0 Å². The van der Waals surface area contributed by atoms with E-state index in [4.69, 9.17) is 4.74 Å². The lowest BCUT2D eigenvalue weighted by Crippen LogP contribution is -2.37. The van der Waals surface area contributed by atoms with Crippen molar-refractivity contribution in [2.75, 3.05) is 19.8 Å². The summed E-state index contributed by atoms with van der Waals surface area (Å²) in [5.74, 6) is 0.797. The second-order valence-electron chi connectivity index (χ2n) is 3.41. The van der Waals surface area contributed by atoms with E-state index in [0.29, 0.717) is 6.04 Å². The van der Waals surface area contributed by atoms with Crippen LogP contribution >= 0.6 is 0 Å². The fourth-order valence-electron chi connectivity index (χ4n) is 1.67. The Hall–Kier alpha value is -0.0800. The highest BCUT2D eigenvalue weighted by Crippen LogP contribution is 2.15. The van der Waals surface area contributed by atoms with Gasteiger partial charge in [0.15, 0.2) is 0 Å². The van der Waals surface area contributed by atoms with Gasteiger partial charge in [-0.25, -0.2) is 0 Å². The van der Waals surface area contributed by atoms with E-state index in [1.54, 1.807) is 0 Å². The van der Waals surface area contributed by atoms with Gasteiger partial charge in [-0.15, -0.1) is 0 Å². The zero-order valence-corrected chi connectivity index (χ0v) is 7.60. The average Bonchev–Trinajstić information content (AvgIpc) is 2.01. The van der Waals surface area contributed by atoms with E-state index in [2.05, 4.69) is 19.2 Å². The van der Waals surface area contributed by atoms with Gasteiger partial charge in [0.2, 0.25) is 0 Å². The molecule has 1 heterocycles. The summed E-state index contributed by atoms with van der Waals surface area (Å²) in [7, 11) is 0. The molecule has 0 bridgehead atoms. The molecule has 11 heavy (non-hydrogen) atoms. The maximum absolute atomic E-state index is 5.39. The first-order valence-electron chi connectivity index (χ1n) is 4.64. The predicted molar refractivity (Wildman–Crippen MR) is 46.7 cm³/mol. The third-order valence-corrected chi connectivity index (χ3v) is 2.29. The maximum atomic E-state index is 5.39. The Balaban J connectivity index is 2.12. The van der Waals surface area contributed by atoms with Gasteiger partial charge in [0.25, 0.3) is 0 Å². The second-order valence-corrected chi connectivity index (χ2v) is 3.41. The SMILES string of the molecule is CCOCC1CCNC(C)C1. The van der Waals surface area contributed by atoms with Crippen LogP contribution in [0.25, 0.3) is 0 Å². The van der Waals surface area contributed by atoms with E-state index in [-0.39, 0.29) is 0 Å². The molecule has 2 unspecified atom stereocenters. The van der Waals surface area contributed by atoms with Crippen molar-refractivity contribution in [1.29, 1.82) is 0 Å². The van der Waals surface area contributed by atoms with Gasteiger partial charge < -0.3 is 10.1 Å². The first-order valence-corrected chi connectivity index (χ1v) is 4.64. The molecule has 1 aliphatic heterocycles. The van der Waals surface area contributed by atoms with Crippen LogP contribution in [-0.4, -0.2) is 25.8 Å². The Morgan fingerprint density at radius 2 is 2.36 bits per heavy atom. The Morgan fingerprint density at radius 1 is 1.55 bits per heavy atom. The number of ether oxygens (including phenoxy) is 1. The lowest BCUT2D eigenvalue weighted by atomic mass is 9.94. The van der Waals surface area contributed by atoms with E-state index in [9.17, 15) is 0 Å². The van der Waals surface area contributed by atoms with E-state index in [1.807, 2.05) is 0 Å². The Morgan fingerprint density at radius 3 is 3.00 bits per heavy atom. The zero-order valence-electron chi connectivity index (χ0n) is 7.60. The van der Waals surface area contributed by atoms with Crippen molar-refractivity contribution in [1.82, 2.24) is 5.32 Å². The smallest absolute Gasteiger partial charge is 0.0495 e. The van der Waals surface area contributed by atoms with Crippen LogP contribution in [0.2, 0.25) is 0 Å². The van der Waals surface area contributed by atoms with E-state index < -0.39 is 0 Å².